The molecule has 0 radical (unpaired) electrons. The van der Waals surface area contributed by atoms with E-state index in [1.165, 1.54) is 23.1 Å². The summed E-state index contributed by atoms with van der Waals surface area (Å²) in [6.45, 7) is 3.90. The number of nitrogens with zero attached hydrogens (tertiary/aromatic N) is 2. The van der Waals surface area contributed by atoms with E-state index in [0.717, 1.165) is 24.4 Å². The number of carbonyl (C=O) groups excluding carboxylic acids is 1. The second kappa shape index (κ2) is 10.1. The monoisotopic (exact) mass is 486 g/mol. The van der Waals surface area contributed by atoms with Crippen LogP contribution in [0.2, 0.25) is 0 Å². The lowest BCUT2D eigenvalue weighted by Crippen LogP contribution is -2.36. The third-order valence-corrected chi connectivity index (χ3v) is 4.97. The number of alkyl halides is 4. The van der Waals surface area contributed by atoms with E-state index in [9.17, 15) is 31.1 Å². The Morgan fingerprint density at radius 2 is 1.94 bits per heavy atom. The molecule has 1 atom stereocenters. The van der Waals surface area contributed by atoms with Crippen molar-refractivity contribution in [3.05, 3.63) is 77.8 Å². The summed E-state index contributed by atoms with van der Waals surface area (Å²) in [5, 5.41) is 2.96. The molecule has 1 amide bonds. The molecule has 34 heavy (non-hydrogen) atoms. The molecule has 0 saturated carbocycles. The number of nitrogens with one attached hydrogen (secondary N) is 1. The SMILES string of the molecule is C=C1C=C(F)C(F)=C/C1=N/C(=C\N)N[C@@H]1CCN(C(=O)c2ccccc2OC(F)(F)C(F)F)C1. The molecule has 12 heteroatoms. The van der Waals surface area contributed by atoms with Crippen LogP contribution in [0.3, 0.4) is 0 Å². The smallest absolute Gasteiger partial charge is 0.427 e. The van der Waals surface area contributed by atoms with E-state index < -0.39 is 35.8 Å². The molecule has 6 nitrogen and oxygen atoms in total. The van der Waals surface area contributed by atoms with Crippen molar-refractivity contribution in [2.45, 2.75) is 25.0 Å². The van der Waals surface area contributed by atoms with Crippen molar-refractivity contribution in [3.8, 4) is 5.75 Å². The van der Waals surface area contributed by atoms with Crippen molar-refractivity contribution in [1.82, 2.24) is 10.2 Å². The van der Waals surface area contributed by atoms with Crippen molar-refractivity contribution in [1.29, 1.82) is 0 Å². The average molecular weight is 486 g/mol. The van der Waals surface area contributed by atoms with E-state index in [-0.39, 0.29) is 41.8 Å². The van der Waals surface area contributed by atoms with Crippen LogP contribution in [0.15, 0.2) is 77.2 Å². The Morgan fingerprint density at radius 1 is 1.26 bits per heavy atom. The van der Waals surface area contributed by atoms with Gasteiger partial charge in [0.05, 0.1) is 11.3 Å². The summed E-state index contributed by atoms with van der Waals surface area (Å²) in [4.78, 5) is 18.3. The fourth-order valence-electron chi connectivity index (χ4n) is 3.29. The van der Waals surface area contributed by atoms with Crippen LogP contribution >= 0.6 is 0 Å². The highest BCUT2D eigenvalue weighted by molar-refractivity contribution is 6.12. The number of rotatable bonds is 7. The van der Waals surface area contributed by atoms with Gasteiger partial charge in [-0.05, 0) is 30.2 Å². The number of para-hydroxylation sites is 1. The molecule has 3 rings (SSSR count). The quantitative estimate of drug-likeness (QED) is 0.567. The minimum absolute atomic E-state index is 0.0417. The number of hydrogen-bond donors (Lipinski definition) is 2. The number of ether oxygens (including phenoxy) is 1. The molecule has 2 aliphatic rings. The van der Waals surface area contributed by atoms with E-state index in [2.05, 4.69) is 21.6 Å². The third kappa shape index (κ3) is 5.61. The molecule has 1 aliphatic heterocycles. The minimum Gasteiger partial charge on any atom is -0.427 e. The van der Waals surface area contributed by atoms with Crippen molar-refractivity contribution >= 4 is 11.6 Å². The zero-order chi connectivity index (χ0) is 25.0. The Kier molecular flexibility index (Phi) is 7.38. The van der Waals surface area contributed by atoms with Gasteiger partial charge in [0.1, 0.15) is 11.6 Å². The summed E-state index contributed by atoms with van der Waals surface area (Å²) in [7, 11) is 0. The first-order chi connectivity index (χ1) is 16.0. The Hall–Kier alpha value is -3.70. The third-order valence-electron chi connectivity index (χ3n) is 4.97. The van der Waals surface area contributed by atoms with E-state index in [1.807, 2.05) is 0 Å². The van der Waals surface area contributed by atoms with Gasteiger partial charge in [0.15, 0.2) is 11.7 Å². The van der Waals surface area contributed by atoms with Crippen LogP contribution in [0.4, 0.5) is 26.3 Å². The van der Waals surface area contributed by atoms with E-state index in [4.69, 9.17) is 5.73 Å². The zero-order valence-electron chi connectivity index (χ0n) is 17.6. The van der Waals surface area contributed by atoms with Gasteiger partial charge < -0.3 is 20.7 Å². The number of amides is 1. The fraction of sp³-hybridized carbons (Fsp3) is 0.273. The largest absolute Gasteiger partial charge is 0.461 e. The Labute approximate surface area is 190 Å². The van der Waals surface area contributed by atoms with E-state index in [0.29, 0.717) is 6.42 Å². The Morgan fingerprint density at radius 3 is 2.62 bits per heavy atom. The molecule has 1 heterocycles. The van der Waals surface area contributed by atoms with Crippen LogP contribution in [0.25, 0.3) is 0 Å². The molecule has 0 bridgehead atoms. The molecular weight excluding hydrogens is 466 g/mol. The van der Waals surface area contributed by atoms with Gasteiger partial charge in [0, 0.05) is 31.4 Å². The number of carbonyl (C=O) groups is 1. The van der Waals surface area contributed by atoms with Crippen molar-refractivity contribution in [2.75, 3.05) is 13.1 Å². The number of nitrogens with two attached hydrogens (primary N) is 1. The summed E-state index contributed by atoms with van der Waals surface area (Å²) in [6, 6.07) is 4.48. The van der Waals surface area contributed by atoms with Crippen molar-refractivity contribution in [2.24, 2.45) is 10.7 Å². The average Bonchev–Trinajstić information content (AvgIpc) is 3.25. The molecule has 182 valence electrons. The molecule has 1 aromatic carbocycles. The Balaban J connectivity index is 1.69. The molecule has 0 unspecified atom stereocenters. The normalized spacial score (nSPS) is 20.5. The first kappa shape index (κ1) is 24.9. The van der Waals surface area contributed by atoms with Crippen LogP contribution < -0.4 is 15.8 Å². The van der Waals surface area contributed by atoms with Crippen molar-refractivity contribution in [3.63, 3.8) is 0 Å². The van der Waals surface area contributed by atoms with Gasteiger partial charge in [0.2, 0.25) is 0 Å². The fourth-order valence-corrected chi connectivity index (χ4v) is 3.29. The van der Waals surface area contributed by atoms with Gasteiger partial charge in [-0.3, -0.25) is 4.79 Å². The topological polar surface area (TPSA) is 80.0 Å². The number of likely N-dealkylation sites (tertiary alicyclic amines) is 1. The maximum Gasteiger partial charge on any atom is 0.461 e. The zero-order valence-corrected chi connectivity index (χ0v) is 17.6. The molecule has 0 spiro atoms. The molecule has 1 fully saturated rings. The summed E-state index contributed by atoms with van der Waals surface area (Å²) >= 11 is 0. The van der Waals surface area contributed by atoms with Gasteiger partial charge in [-0.15, -0.1) is 0 Å². The summed E-state index contributed by atoms with van der Waals surface area (Å²) in [6.07, 6.45) is -5.59. The van der Waals surface area contributed by atoms with Gasteiger partial charge >= 0.3 is 12.5 Å². The number of allylic oxidation sites excluding steroid dienone is 5. The standard InChI is InChI=1S/C22H20F6N4O2/c1-12-8-15(23)16(24)9-17(12)31-19(10-29)30-13-6-7-32(11-13)20(33)14-4-2-3-5-18(14)34-22(27,28)21(25)26/h2-5,8-10,13,21,30H,1,6-7,11,29H2/b19-10-,31-17-/t13-/m1/s1. The van der Waals surface area contributed by atoms with Crippen LogP contribution in [0.5, 0.6) is 5.75 Å². The van der Waals surface area contributed by atoms with Crippen molar-refractivity contribution < 1.29 is 35.9 Å². The van der Waals surface area contributed by atoms with Crippen LogP contribution in [0, 0.1) is 0 Å². The predicted octanol–water partition coefficient (Wildman–Crippen LogP) is 4.20. The van der Waals surface area contributed by atoms with Crippen LogP contribution in [-0.2, 0) is 0 Å². The second-order valence-electron chi connectivity index (χ2n) is 7.40. The minimum atomic E-state index is -4.76. The van der Waals surface area contributed by atoms with Crippen LogP contribution in [0.1, 0.15) is 16.8 Å². The lowest BCUT2D eigenvalue weighted by molar-refractivity contribution is -0.253. The van der Waals surface area contributed by atoms with Gasteiger partial charge in [0.25, 0.3) is 5.91 Å². The number of halogens is 6. The first-order valence-electron chi connectivity index (χ1n) is 9.96. The predicted molar refractivity (Wildman–Crippen MR) is 113 cm³/mol. The van der Waals surface area contributed by atoms with Crippen LogP contribution in [-0.4, -0.2) is 48.2 Å². The first-order valence-corrected chi connectivity index (χ1v) is 9.96. The molecule has 1 aliphatic carbocycles. The highest BCUT2D eigenvalue weighted by Crippen LogP contribution is 2.31. The summed E-state index contributed by atoms with van der Waals surface area (Å²) in [5.41, 5.74) is 5.44. The number of aliphatic imine (C=N–C) groups is 1. The highest BCUT2D eigenvalue weighted by Gasteiger charge is 2.45. The maximum absolute atomic E-state index is 13.5. The van der Waals surface area contributed by atoms with Gasteiger partial charge in [-0.2, -0.15) is 17.6 Å². The summed E-state index contributed by atoms with van der Waals surface area (Å²) in [5.74, 6) is -3.45. The lowest BCUT2D eigenvalue weighted by Gasteiger charge is -2.22. The summed E-state index contributed by atoms with van der Waals surface area (Å²) < 4.78 is 82.7. The molecule has 1 saturated heterocycles. The maximum atomic E-state index is 13.5. The van der Waals surface area contributed by atoms with Gasteiger partial charge in [-0.1, -0.05) is 18.7 Å². The van der Waals surface area contributed by atoms with E-state index in [1.54, 1.807) is 0 Å². The molecule has 0 aromatic heterocycles. The molecule has 1 aromatic rings. The van der Waals surface area contributed by atoms with Gasteiger partial charge in [-0.25, -0.2) is 13.8 Å². The molecular formula is C22H20F6N4O2. The Bertz CT molecular complexity index is 1100. The molecule has 3 N–H and O–H groups in total. The number of hydrogen-bond acceptors (Lipinski definition) is 5. The van der Waals surface area contributed by atoms with E-state index >= 15 is 0 Å². The highest BCUT2D eigenvalue weighted by atomic mass is 19.3. The lowest BCUT2D eigenvalue weighted by atomic mass is 10.1. The second-order valence-corrected chi connectivity index (χ2v) is 7.40. The number of benzene rings is 1.